The second kappa shape index (κ2) is 7.51. The maximum absolute atomic E-state index is 11.9. The molecule has 1 saturated heterocycles. The minimum absolute atomic E-state index is 0.160. The van der Waals surface area contributed by atoms with Crippen LogP contribution in [-0.2, 0) is 4.74 Å². The van der Waals surface area contributed by atoms with Gasteiger partial charge in [-0.1, -0.05) is 6.08 Å². The Kier molecular flexibility index (Phi) is 5.93. The van der Waals surface area contributed by atoms with Gasteiger partial charge in [0.25, 0.3) is 5.56 Å². The summed E-state index contributed by atoms with van der Waals surface area (Å²) in [7, 11) is 0. The Balaban J connectivity index is 2.33. The molecule has 1 aliphatic heterocycles. The molecule has 1 fully saturated rings. The van der Waals surface area contributed by atoms with Crippen molar-refractivity contribution in [3.63, 3.8) is 0 Å². The maximum atomic E-state index is 11.9. The molecule has 2 rings (SSSR count). The molecule has 0 amide bonds. The molecule has 3 N–H and O–H groups in total. The molecular formula is C13H14Br2N2O5. The lowest BCUT2D eigenvalue weighted by molar-refractivity contribution is -0.0459. The molecule has 2 heterocycles. The molecule has 3 atom stereocenters. The Morgan fingerprint density at radius 3 is 2.82 bits per heavy atom. The van der Waals surface area contributed by atoms with Crippen LogP contribution >= 0.6 is 31.9 Å². The number of halogens is 2. The minimum atomic E-state index is -0.861. The first-order valence-corrected chi connectivity index (χ1v) is 8.00. The smallest absolute Gasteiger partial charge is 0.330 e. The summed E-state index contributed by atoms with van der Waals surface area (Å²) in [6.45, 7) is -0.341. The van der Waals surface area contributed by atoms with Crippen LogP contribution in [0.1, 0.15) is 18.2 Å². The number of aliphatic hydroxyl groups excluding tert-OH is 2. The van der Waals surface area contributed by atoms with Gasteiger partial charge in [-0.3, -0.25) is 14.3 Å². The Morgan fingerprint density at radius 2 is 2.23 bits per heavy atom. The fourth-order valence-corrected chi connectivity index (χ4v) is 2.41. The second-order valence-electron chi connectivity index (χ2n) is 4.68. The lowest BCUT2D eigenvalue weighted by atomic mass is 10.2. The number of nitrogens with zero attached hydrogens (tertiary/aromatic N) is 1. The van der Waals surface area contributed by atoms with Gasteiger partial charge in [-0.05, 0) is 44.0 Å². The van der Waals surface area contributed by atoms with Crippen molar-refractivity contribution in [2.45, 2.75) is 24.9 Å². The van der Waals surface area contributed by atoms with Crippen molar-refractivity contribution < 1.29 is 14.9 Å². The van der Waals surface area contributed by atoms with Crippen LogP contribution in [-0.4, -0.2) is 38.6 Å². The lowest BCUT2D eigenvalue weighted by Gasteiger charge is -2.14. The van der Waals surface area contributed by atoms with Gasteiger partial charge >= 0.3 is 5.69 Å². The van der Waals surface area contributed by atoms with Gasteiger partial charge in [0, 0.05) is 12.6 Å². The molecule has 7 nitrogen and oxygen atoms in total. The predicted molar refractivity (Wildman–Crippen MR) is 87.9 cm³/mol. The van der Waals surface area contributed by atoms with E-state index < -0.39 is 29.7 Å². The van der Waals surface area contributed by atoms with E-state index in [1.807, 2.05) is 0 Å². The Bertz CT molecular complexity index is 705. The molecule has 0 bridgehead atoms. The Morgan fingerprint density at radius 1 is 1.50 bits per heavy atom. The van der Waals surface area contributed by atoms with Crippen LogP contribution in [0, 0.1) is 0 Å². The summed E-state index contributed by atoms with van der Waals surface area (Å²) in [5.41, 5.74) is -0.883. The third kappa shape index (κ3) is 4.05. The number of nitrogens with one attached hydrogen (secondary N) is 1. The number of rotatable bonds is 4. The zero-order chi connectivity index (χ0) is 16.3. The summed E-state index contributed by atoms with van der Waals surface area (Å²) < 4.78 is 7.32. The van der Waals surface area contributed by atoms with Gasteiger partial charge < -0.3 is 14.9 Å². The number of allylic oxidation sites excluding steroid dienone is 2. The van der Waals surface area contributed by atoms with Crippen LogP contribution in [0.4, 0.5) is 0 Å². The first-order valence-electron chi connectivity index (χ1n) is 6.41. The largest absolute Gasteiger partial charge is 0.394 e. The summed E-state index contributed by atoms with van der Waals surface area (Å²) in [4.78, 5) is 25.9. The van der Waals surface area contributed by atoms with E-state index in [4.69, 9.17) is 9.84 Å². The third-order valence-corrected chi connectivity index (χ3v) is 3.72. The quantitative estimate of drug-likeness (QED) is 0.605. The number of aromatic nitrogens is 2. The molecular weight excluding hydrogens is 424 g/mol. The number of hydrogen-bond donors (Lipinski definition) is 3. The summed E-state index contributed by atoms with van der Waals surface area (Å²) in [6.07, 6.45) is 4.02. The summed E-state index contributed by atoms with van der Waals surface area (Å²) in [5, 5.41) is 18.8. The van der Waals surface area contributed by atoms with Gasteiger partial charge in [0.05, 0.1) is 21.7 Å². The number of aromatic amines is 1. The molecule has 0 spiro atoms. The van der Waals surface area contributed by atoms with Crippen LogP contribution in [0.2, 0.25) is 0 Å². The van der Waals surface area contributed by atoms with E-state index >= 15 is 0 Å². The van der Waals surface area contributed by atoms with Gasteiger partial charge in [-0.15, -0.1) is 0 Å². The number of hydrogen-bond acceptors (Lipinski definition) is 5. The van der Waals surface area contributed by atoms with Crippen LogP contribution < -0.4 is 11.2 Å². The highest BCUT2D eigenvalue weighted by molar-refractivity contribution is 9.28. The van der Waals surface area contributed by atoms with E-state index in [0.717, 1.165) is 0 Å². The molecule has 0 aromatic carbocycles. The van der Waals surface area contributed by atoms with Gasteiger partial charge in [0.1, 0.15) is 12.3 Å². The molecule has 1 aromatic rings. The third-order valence-electron chi connectivity index (χ3n) is 3.19. The van der Waals surface area contributed by atoms with Crippen molar-refractivity contribution in [3.05, 3.63) is 48.1 Å². The molecule has 0 aliphatic carbocycles. The topological polar surface area (TPSA) is 105 Å². The summed E-state index contributed by atoms with van der Waals surface area (Å²) in [5.74, 6) is 0. The van der Waals surface area contributed by atoms with Crippen molar-refractivity contribution in [1.29, 1.82) is 0 Å². The zero-order valence-corrected chi connectivity index (χ0v) is 14.4. The second-order valence-corrected chi connectivity index (χ2v) is 7.45. The number of H-pyrrole nitrogens is 1. The first kappa shape index (κ1) is 17.4. The summed E-state index contributed by atoms with van der Waals surface area (Å²) >= 11 is 6.36. The summed E-state index contributed by atoms with van der Waals surface area (Å²) in [6, 6.07) is 0. The van der Waals surface area contributed by atoms with Crippen LogP contribution in [0.5, 0.6) is 0 Å². The van der Waals surface area contributed by atoms with E-state index in [1.54, 1.807) is 12.2 Å². The zero-order valence-electron chi connectivity index (χ0n) is 11.3. The van der Waals surface area contributed by atoms with E-state index in [1.165, 1.54) is 16.8 Å². The van der Waals surface area contributed by atoms with E-state index in [9.17, 15) is 14.7 Å². The van der Waals surface area contributed by atoms with Gasteiger partial charge in [0.15, 0.2) is 0 Å². The van der Waals surface area contributed by atoms with E-state index in [0.29, 0.717) is 3.39 Å². The molecule has 0 radical (unpaired) electrons. The highest BCUT2D eigenvalue weighted by atomic mass is 79.9. The van der Waals surface area contributed by atoms with Crippen molar-refractivity contribution >= 4 is 37.9 Å². The minimum Gasteiger partial charge on any atom is -0.394 e. The van der Waals surface area contributed by atoms with E-state index in [-0.39, 0.29) is 18.6 Å². The highest BCUT2D eigenvalue weighted by Crippen LogP contribution is 2.27. The van der Waals surface area contributed by atoms with Crippen LogP contribution in [0.25, 0.3) is 6.08 Å². The maximum Gasteiger partial charge on any atom is 0.330 e. The highest BCUT2D eigenvalue weighted by Gasteiger charge is 2.35. The Labute approximate surface area is 142 Å². The fraction of sp³-hybridized carbons (Fsp3) is 0.385. The van der Waals surface area contributed by atoms with Gasteiger partial charge in [-0.2, -0.15) is 0 Å². The molecule has 22 heavy (non-hydrogen) atoms. The van der Waals surface area contributed by atoms with Crippen molar-refractivity contribution in [3.8, 4) is 0 Å². The van der Waals surface area contributed by atoms with E-state index in [2.05, 4.69) is 36.8 Å². The normalized spacial score (nSPS) is 24.8. The first-order chi connectivity index (χ1) is 10.4. The van der Waals surface area contributed by atoms with Crippen LogP contribution in [0.3, 0.4) is 0 Å². The number of ether oxygens (including phenoxy) is 1. The molecule has 1 aliphatic rings. The lowest BCUT2D eigenvalue weighted by Crippen LogP contribution is -2.33. The van der Waals surface area contributed by atoms with Crippen molar-refractivity contribution in [2.24, 2.45) is 0 Å². The number of aliphatic hydroxyl groups is 2. The molecule has 1 aromatic heterocycles. The average molecular weight is 438 g/mol. The molecule has 0 unspecified atom stereocenters. The predicted octanol–water partition coefficient (Wildman–Crippen LogP) is 0.822. The molecule has 0 saturated carbocycles. The SMILES string of the molecule is O=c1[nH]c(=O)n([C@H]2C[C@H](O)[C@@H](CO)O2)cc1/C=C/C=C(Br)Br. The average Bonchev–Trinajstić information content (AvgIpc) is 2.81. The van der Waals surface area contributed by atoms with Crippen LogP contribution in [0.15, 0.2) is 31.3 Å². The Hall–Kier alpha value is -1.000. The van der Waals surface area contributed by atoms with Gasteiger partial charge in [0.2, 0.25) is 0 Å². The van der Waals surface area contributed by atoms with Crippen molar-refractivity contribution in [1.82, 2.24) is 9.55 Å². The standard InChI is InChI=1S/C13H14Br2N2O5/c14-10(15)3-1-2-7-5-17(13(21)16-12(7)20)11-4-8(19)9(6-18)22-11/h1-3,5,8-9,11,18-19H,4,6H2,(H,16,20,21)/b2-1+/t8-,9+,11+/m0/s1. The molecule has 9 heteroatoms. The molecule has 120 valence electrons. The monoisotopic (exact) mass is 436 g/mol. The van der Waals surface area contributed by atoms with Crippen molar-refractivity contribution in [2.75, 3.05) is 6.61 Å². The fourth-order valence-electron chi connectivity index (χ4n) is 2.11. The van der Waals surface area contributed by atoms with Gasteiger partial charge in [-0.25, -0.2) is 4.79 Å².